The molecule has 0 aromatic carbocycles. The van der Waals surface area contributed by atoms with Gasteiger partial charge in [0.15, 0.2) is 0 Å². The number of rotatable bonds is 7. The number of thioether (sulfide) groups is 1. The Labute approximate surface area is 130 Å². The van der Waals surface area contributed by atoms with Gasteiger partial charge in [0.1, 0.15) is 0 Å². The molecule has 1 saturated heterocycles. The molecule has 0 aliphatic carbocycles. The first-order chi connectivity index (χ1) is 9.58. The lowest BCUT2D eigenvalue weighted by Gasteiger charge is -2.26. The summed E-state index contributed by atoms with van der Waals surface area (Å²) >= 11 is 3.52. The molecule has 1 aromatic rings. The molecule has 2 heterocycles. The number of hydrogen-bond donors (Lipinski definition) is 1. The van der Waals surface area contributed by atoms with Crippen molar-refractivity contribution >= 4 is 33.1 Å². The standard InChI is InChI=1S/C13H22N2O2S3/c1-12(10-13-2-6-19-11-13)14-3-9-20(16,17)15-4-7-18-8-5-15/h2,6,11-12,14H,3-5,7-10H2,1H3. The second-order valence-corrected chi connectivity index (χ2v) is 9.11. The summed E-state index contributed by atoms with van der Waals surface area (Å²) in [5.41, 5.74) is 1.31. The fraction of sp³-hybridized carbons (Fsp3) is 0.692. The molecule has 0 saturated carbocycles. The number of hydrogen-bond acceptors (Lipinski definition) is 5. The molecule has 2 rings (SSSR count). The van der Waals surface area contributed by atoms with E-state index in [4.69, 9.17) is 0 Å². The lowest BCUT2D eigenvalue weighted by Crippen LogP contribution is -2.42. The van der Waals surface area contributed by atoms with Gasteiger partial charge in [0.25, 0.3) is 0 Å². The first-order valence-corrected chi connectivity index (χ1v) is 10.6. The number of nitrogens with one attached hydrogen (secondary N) is 1. The van der Waals surface area contributed by atoms with E-state index >= 15 is 0 Å². The number of nitrogens with zero attached hydrogens (tertiary/aromatic N) is 1. The zero-order valence-electron chi connectivity index (χ0n) is 11.7. The summed E-state index contributed by atoms with van der Waals surface area (Å²) in [4.78, 5) is 0. The summed E-state index contributed by atoms with van der Waals surface area (Å²) in [6, 6.07) is 2.42. The van der Waals surface area contributed by atoms with E-state index < -0.39 is 10.0 Å². The molecular formula is C13H22N2O2S3. The van der Waals surface area contributed by atoms with Crippen molar-refractivity contribution in [1.29, 1.82) is 0 Å². The highest BCUT2D eigenvalue weighted by Crippen LogP contribution is 2.13. The van der Waals surface area contributed by atoms with Crippen LogP contribution in [0.2, 0.25) is 0 Å². The summed E-state index contributed by atoms with van der Waals surface area (Å²) < 4.78 is 26.0. The van der Waals surface area contributed by atoms with Gasteiger partial charge in [-0.1, -0.05) is 0 Å². The maximum Gasteiger partial charge on any atom is 0.215 e. The van der Waals surface area contributed by atoms with Gasteiger partial charge in [-0.25, -0.2) is 12.7 Å². The summed E-state index contributed by atoms with van der Waals surface area (Å²) in [5, 5.41) is 7.52. The van der Waals surface area contributed by atoms with Crippen LogP contribution in [-0.2, 0) is 16.4 Å². The van der Waals surface area contributed by atoms with Gasteiger partial charge in [-0.2, -0.15) is 23.1 Å². The number of sulfonamides is 1. The van der Waals surface area contributed by atoms with E-state index in [0.29, 0.717) is 25.7 Å². The van der Waals surface area contributed by atoms with E-state index in [1.54, 1.807) is 15.6 Å². The van der Waals surface area contributed by atoms with Gasteiger partial charge in [-0.3, -0.25) is 0 Å². The summed E-state index contributed by atoms with van der Waals surface area (Å²) in [6.45, 7) is 3.95. The summed E-state index contributed by atoms with van der Waals surface area (Å²) in [7, 11) is -3.08. The highest BCUT2D eigenvalue weighted by atomic mass is 32.2. The third kappa shape index (κ3) is 5.04. The Kier molecular flexibility index (Phi) is 6.35. The quantitative estimate of drug-likeness (QED) is 0.824. The third-order valence-corrected chi connectivity index (χ3v) is 6.88. The van der Waals surface area contributed by atoms with Crippen molar-refractivity contribution < 1.29 is 8.42 Å². The second kappa shape index (κ2) is 7.79. The van der Waals surface area contributed by atoms with E-state index in [1.807, 2.05) is 11.8 Å². The highest BCUT2D eigenvalue weighted by molar-refractivity contribution is 7.99. The van der Waals surface area contributed by atoms with Crippen molar-refractivity contribution in [2.45, 2.75) is 19.4 Å². The van der Waals surface area contributed by atoms with Crippen molar-refractivity contribution in [3.05, 3.63) is 22.4 Å². The summed E-state index contributed by atoms with van der Waals surface area (Å²) in [6.07, 6.45) is 0.948. The molecule has 0 amide bonds. The van der Waals surface area contributed by atoms with Gasteiger partial charge >= 0.3 is 0 Å². The molecule has 1 fully saturated rings. The van der Waals surface area contributed by atoms with Crippen molar-refractivity contribution in [3.8, 4) is 0 Å². The Morgan fingerprint density at radius 1 is 1.40 bits per heavy atom. The first kappa shape index (κ1) is 16.3. The molecule has 1 aliphatic heterocycles. The maximum atomic E-state index is 12.2. The zero-order valence-corrected chi connectivity index (χ0v) is 14.2. The molecule has 1 aliphatic rings. The van der Waals surface area contributed by atoms with Crippen LogP contribution < -0.4 is 5.32 Å². The maximum absolute atomic E-state index is 12.2. The molecule has 4 nitrogen and oxygen atoms in total. The van der Waals surface area contributed by atoms with Crippen LogP contribution in [0.5, 0.6) is 0 Å². The van der Waals surface area contributed by atoms with E-state index in [9.17, 15) is 8.42 Å². The molecule has 1 N–H and O–H groups in total. The van der Waals surface area contributed by atoms with Gasteiger partial charge in [-0.15, -0.1) is 0 Å². The normalized spacial score (nSPS) is 19.1. The SMILES string of the molecule is CC(Cc1ccsc1)NCCS(=O)(=O)N1CCSCC1. The fourth-order valence-corrected chi connectivity index (χ4v) is 5.41. The van der Waals surface area contributed by atoms with Crippen LogP contribution in [0.3, 0.4) is 0 Å². The van der Waals surface area contributed by atoms with E-state index in [-0.39, 0.29) is 5.75 Å². The van der Waals surface area contributed by atoms with Gasteiger partial charge in [0.05, 0.1) is 5.75 Å². The minimum absolute atomic E-state index is 0.200. The van der Waals surface area contributed by atoms with Crippen LogP contribution in [0, 0.1) is 0 Å². The Hall–Kier alpha value is -0.0800. The molecule has 114 valence electrons. The molecule has 20 heavy (non-hydrogen) atoms. The van der Waals surface area contributed by atoms with Crippen LogP contribution >= 0.6 is 23.1 Å². The van der Waals surface area contributed by atoms with Crippen LogP contribution in [0.4, 0.5) is 0 Å². The average Bonchev–Trinajstić information content (AvgIpc) is 2.92. The van der Waals surface area contributed by atoms with Gasteiger partial charge in [0.2, 0.25) is 10.0 Å². The Morgan fingerprint density at radius 3 is 2.80 bits per heavy atom. The minimum Gasteiger partial charge on any atom is -0.313 e. The third-order valence-electron chi connectivity index (χ3n) is 3.34. The van der Waals surface area contributed by atoms with Crippen molar-refractivity contribution in [1.82, 2.24) is 9.62 Å². The minimum atomic E-state index is -3.08. The van der Waals surface area contributed by atoms with E-state index in [1.165, 1.54) is 5.56 Å². The average molecular weight is 335 g/mol. The second-order valence-electron chi connectivity index (χ2n) is 5.02. The molecule has 7 heteroatoms. The molecule has 1 unspecified atom stereocenters. The first-order valence-electron chi connectivity index (χ1n) is 6.88. The molecule has 0 spiro atoms. The predicted molar refractivity (Wildman–Crippen MR) is 88.2 cm³/mol. The van der Waals surface area contributed by atoms with E-state index in [0.717, 1.165) is 17.9 Å². The highest BCUT2D eigenvalue weighted by Gasteiger charge is 2.23. The van der Waals surface area contributed by atoms with Gasteiger partial charge < -0.3 is 5.32 Å². The Bertz CT molecular complexity index is 482. The van der Waals surface area contributed by atoms with Crippen LogP contribution in [-0.4, -0.2) is 55.7 Å². The van der Waals surface area contributed by atoms with Gasteiger partial charge in [-0.05, 0) is 35.7 Å². The Morgan fingerprint density at radius 2 is 2.15 bits per heavy atom. The topological polar surface area (TPSA) is 49.4 Å². The largest absolute Gasteiger partial charge is 0.313 e. The van der Waals surface area contributed by atoms with Crippen molar-refractivity contribution in [2.75, 3.05) is 36.9 Å². The van der Waals surface area contributed by atoms with Crippen LogP contribution in [0.1, 0.15) is 12.5 Å². The lowest BCUT2D eigenvalue weighted by atomic mass is 10.1. The van der Waals surface area contributed by atoms with Crippen molar-refractivity contribution in [2.24, 2.45) is 0 Å². The molecule has 0 bridgehead atoms. The molecular weight excluding hydrogens is 312 g/mol. The van der Waals surface area contributed by atoms with E-state index in [2.05, 4.69) is 29.1 Å². The van der Waals surface area contributed by atoms with Crippen LogP contribution in [0.25, 0.3) is 0 Å². The smallest absolute Gasteiger partial charge is 0.215 e. The monoisotopic (exact) mass is 334 g/mol. The summed E-state index contributed by atoms with van der Waals surface area (Å²) in [5.74, 6) is 2.04. The van der Waals surface area contributed by atoms with Crippen molar-refractivity contribution in [3.63, 3.8) is 0 Å². The molecule has 1 aromatic heterocycles. The molecule has 1 atom stereocenters. The number of thiophene rings is 1. The van der Waals surface area contributed by atoms with Crippen LogP contribution in [0.15, 0.2) is 16.8 Å². The molecule has 0 radical (unpaired) electrons. The lowest BCUT2D eigenvalue weighted by molar-refractivity contribution is 0.440. The van der Waals surface area contributed by atoms with Gasteiger partial charge in [0, 0.05) is 37.2 Å². The predicted octanol–water partition coefficient (Wildman–Crippen LogP) is 1.65. The Balaban J connectivity index is 1.71. The fourth-order valence-electron chi connectivity index (χ4n) is 2.22. The zero-order chi connectivity index (χ0) is 14.4.